The normalized spacial score (nSPS) is 15.1. The van der Waals surface area contributed by atoms with Crippen LogP contribution in [0.1, 0.15) is 19.4 Å². The predicted molar refractivity (Wildman–Crippen MR) is 111 cm³/mol. The lowest BCUT2D eigenvalue weighted by atomic mass is 10.0. The number of carbonyl (C=O) groups excluding carboxylic acids is 2. The lowest BCUT2D eigenvalue weighted by Gasteiger charge is -2.18. The minimum atomic E-state index is -0.532. The van der Waals surface area contributed by atoms with Crippen molar-refractivity contribution in [3.05, 3.63) is 70.9 Å². The first-order valence-corrected chi connectivity index (χ1v) is 9.23. The van der Waals surface area contributed by atoms with E-state index in [0.717, 1.165) is 0 Å². The maximum Gasteiger partial charge on any atom is 0.340 e. The molecule has 0 saturated carbocycles. The highest BCUT2D eigenvalue weighted by atomic mass is 16.5. The minimum Gasteiger partial charge on any atom is -0.497 e. The summed E-state index contributed by atoms with van der Waals surface area (Å²) in [4.78, 5) is 27.5. The summed E-state index contributed by atoms with van der Waals surface area (Å²) in [7, 11) is 3.14. The Bertz CT molecular complexity index is 989. The number of amides is 1. The molecular weight excluding hydrogens is 370 g/mol. The summed E-state index contributed by atoms with van der Waals surface area (Å²) in [5.74, 6) is 0.450. The highest BCUT2D eigenvalue weighted by Crippen LogP contribution is 2.37. The number of esters is 1. The molecule has 1 aliphatic rings. The number of anilines is 1. The molecule has 0 bridgehead atoms. The number of hydrogen-bond acceptors (Lipinski definition) is 5. The zero-order chi connectivity index (χ0) is 21.0. The van der Waals surface area contributed by atoms with Crippen LogP contribution in [-0.2, 0) is 14.3 Å². The van der Waals surface area contributed by atoms with E-state index in [4.69, 9.17) is 14.2 Å². The Kier molecular flexibility index (Phi) is 6.02. The molecule has 0 saturated heterocycles. The van der Waals surface area contributed by atoms with E-state index in [0.29, 0.717) is 28.4 Å². The van der Waals surface area contributed by atoms with Gasteiger partial charge < -0.3 is 14.2 Å². The number of carbonyl (C=O) groups is 2. The topological polar surface area (TPSA) is 65.1 Å². The lowest BCUT2D eigenvalue weighted by Crippen LogP contribution is -2.24. The summed E-state index contributed by atoms with van der Waals surface area (Å²) in [6, 6.07) is 14.4. The van der Waals surface area contributed by atoms with E-state index in [1.807, 2.05) is 18.2 Å². The summed E-state index contributed by atoms with van der Waals surface area (Å²) in [6.07, 6.45) is 1.67. The van der Waals surface area contributed by atoms with E-state index >= 15 is 0 Å². The molecule has 6 nitrogen and oxygen atoms in total. The van der Waals surface area contributed by atoms with Gasteiger partial charge in [-0.1, -0.05) is 18.2 Å². The zero-order valence-electron chi connectivity index (χ0n) is 16.9. The summed E-state index contributed by atoms with van der Waals surface area (Å²) < 4.78 is 15.8. The number of rotatable bonds is 6. The Labute approximate surface area is 170 Å². The van der Waals surface area contributed by atoms with Gasteiger partial charge in [0.2, 0.25) is 0 Å². The summed E-state index contributed by atoms with van der Waals surface area (Å²) in [6.45, 7) is 3.68. The van der Waals surface area contributed by atoms with Crippen LogP contribution >= 0.6 is 0 Å². The van der Waals surface area contributed by atoms with Crippen molar-refractivity contribution in [2.24, 2.45) is 0 Å². The molecule has 0 fully saturated rings. The van der Waals surface area contributed by atoms with Gasteiger partial charge in [-0.15, -0.1) is 0 Å². The minimum absolute atomic E-state index is 0.217. The molecule has 1 aliphatic heterocycles. The number of ether oxygens (including phenoxy) is 3. The van der Waals surface area contributed by atoms with Crippen LogP contribution in [0.15, 0.2) is 65.4 Å². The third-order valence-electron chi connectivity index (χ3n) is 4.65. The van der Waals surface area contributed by atoms with Crippen LogP contribution in [0.5, 0.6) is 11.5 Å². The summed E-state index contributed by atoms with van der Waals surface area (Å²) in [5.41, 5.74) is 2.36. The molecule has 0 radical (unpaired) electrons. The van der Waals surface area contributed by atoms with Gasteiger partial charge in [-0.3, -0.25) is 9.69 Å². The SMILES string of the molecule is CCOC(=O)C1=C(C)N(c2ccc(OC)cc2)C(=O)/C1=C/c1ccccc1OC. The second kappa shape index (κ2) is 8.65. The van der Waals surface area contributed by atoms with Crippen LogP contribution in [0.3, 0.4) is 0 Å². The quantitative estimate of drug-likeness (QED) is 0.549. The molecule has 0 atom stereocenters. The highest BCUT2D eigenvalue weighted by Gasteiger charge is 2.38. The number of nitrogens with zero attached hydrogens (tertiary/aromatic N) is 1. The van der Waals surface area contributed by atoms with Crippen molar-refractivity contribution < 1.29 is 23.8 Å². The van der Waals surface area contributed by atoms with Crippen molar-refractivity contribution in [1.82, 2.24) is 0 Å². The Hall–Kier alpha value is -3.54. The van der Waals surface area contributed by atoms with Crippen molar-refractivity contribution in [3.63, 3.8) is 0 Å². The molecule has 0 unspecified atom stereocenters. The third kappa shape index (κ3) is 3.87. The van der Waals surface area contributed by atoms with Gasteiger partial charge in [0.15, 0.2) is 0 Å². The van der Waals surface area contributed by atoms with Crippen molar-refractivity contribution in [2.75, 3.05) is 25.7 Å². The molecule has 2 aromatic carbocycles. The molecule has 150 valence electrons. The summed E-state index contributed by atoms with van der Waals surface area (Å²) in [5, 5.41) is 0. The van der Waals surface area contributed by atoms with Crippen molar-refractivity contribution >= 4 is 23.6 Å². The van der Waals surface area contributed by atoms with E-state index in [1.54, 1.807) is 64.5 Å². The van der Waals surface area contributed by atoms with Crippen LogP contribution in [0.2, 0.25) is 0 Å². The van der Waals surface area contributed by atoms with E-state index in [1.165, 1.54) is 4.90 Å². The second-order valence-corrected chi connectivity index (χ2v) is 6.32. The molecule has 6 heteroatoms. The van der Waals surface area contributed by atoms with E-state index in [-0.39, 0.29) is 23.7 Å². The van der Waals surface area contributed by atoms with Gasteiger partial charge in [0.1, 0.15) is 11.5 Å². The van der Waals surface area contributed by atoms with Gasteiger partial charge >= 0.3 is 5.97 Å². The first-order valence-electron chi connectivity index (χ1n) is 9.23. The largest absolute Gasteiger partial charge is 0.497 e. The van der Waals surface area contributed by atoms with Gasteiger partial charge in [-0.2, -0.15) is 0 Å². The maximum absolute atomic E-state index is 13.3. The number of para-hydroxylation sites is 1. The maximum atomic E-state index is 13.3. The molecule has 0 N–H and O–H groups in total. The molecule has 1 amide bonds. The van der Waals surface area contributed by atoms with Crippen LogP contribution < -0.4 is 14.4 Å². The molecule has 2 aromatic rings. The molecule has 0 spiro atoms. The van der Waals surface area contributed by atoms with Crippen LogP contribution in [0.25, 0.3) is 6.08 Å². The number of methoxy groups -OCH3 is 2. The van der Waals surface area contributed by atoms with Crippen molar-refractivity contribution in [1.29, 1.82) is 0 Å². The first-order chi connectivity index (χ1) is 14.0. The molecule has 29 heavy (non-hydrogen) atoms. The first kappa shape index (κ1) is 20.2. The fourth-order valence-electron chi connectivity index (χ4n) is 3.26. The van der Waals surface area contributed by atoms with Gasteiger partial charge in [-0.05, 0) is 50.3 Å². The lowest BCUT2D eigenvalue weighted by molar-refractivity contribution is -0.138. The van der Waals surface area contributed by atoms with Gasteiger partial charge in [0, 0.05) is 16.9 Å². The Balaban J connectivity index is 2.13. The zero-order valence-corrected chi connectivity index (χ0v) is 16.9. The molecule has 1 heterocycles. The Morgan fingerprint density at radius 2 is 1.72 bits per heavy atom. The van der Waals surface area contributed by atoms with E-state index in [2.05, 4.69) is 0 Å². The van der Waals surface area contributed by atoms with Crippen LogP contribution in [0, 0.1) is 0 Å². The van der Waals surface area contributed by atoms with Gasteiger partial charge in [0.25, 0.3) is 5.91 Å². The Morgan fingerprint density at radius 3 is 2.34 bits per heavy atom. The van der Waals surface area contributed by atoms with Crippen LogP contribution in [0.4, 0.5) is 5.69 Å². The number of hydrogen-bond donors (Lipinski definition) is 0. The van der Waals surface area contributed by atoms with Crippen LogP contribution in [-0.4, -0.2) is 32.7 Å². The third-order valence-corrected chi connectivity index (χ3v) is 4.65. The second-order valence-electron chi connectivity index (χ2n) is 6.32. The number of benzene rings is 2. The van der Waals surface area contributed by atoms with E-state index < -0.39 is 5.97 Å². The monoisotopic (exact) mass is 393 g/mol. The predicted octanol–water partition coefficient (Wildman–Crippen LogP) is 3.97. The fourth-order valence-corrected chi connectivity index (χ4v) is 3.26. The Morgan fingerprint density at radius 1 is 1.03 bits per heavy atom. The average Bonchev–Trinajstić information content (AvgIpc) is 2.98. The van der Waals surface area contributed by atoms with Gasteiger partial charge in [-0.25, -0.2) is 4.79 Å². The molecular formula is C23H23NO5. The van der Waals surface area contributed by atoms with E-state index in [9.17, 15) is 9.59 Å². The molecule has 0 aliphatic carbocycles. The van der Waals surface area contributed by atoms with Crippen molar-refractivity contribution in [2.45, 2.75) is 13.8 Å². The average molecular weight is 393 g/mol. The number of allylic oxidation sites excluding steroid dienone is 1. The molecule has 3 rings (SSSR count). The summed E-state index contributed by atoms with van der Waals surface area (Å²) >= 11 is 0. The smallest absolute Gasteiger partial charge is 0.340 e. The standard InChI is InChI=1S/C23H23NO5/c1-5-29-23(26)21-15(2)24(17-10-12-18(27-3)13-11-17)22(25)19(21)14-16-8-6-7-9-20(16)28-4/h6-14H,5H2,1-4H3/b19-14+. The van der Waals surface area contributed by atoms with Gasteiger partial charge in [0.05, 0.1) is 32.0 Å². The molecule has 0 aromatic heterocycles. The highest BCUT2D eigenvalue weighted by molar-refractivity contribution is 6.23. The fraction of sp³-hybridized carbons (Fsp3) is 0.217. The van der Waals surface area contributed by atoms with Crippen molar-refractivity contribution in [3.8, 4) is 11.5 Å².